The van der Waals surface area contributed by atoms with E-state index in [0.717, 1.165) is 64.2 Å². The Hall–Kier alpha value is -3.11. The van der Waals surface area contributed by atoms with Crippen LogP contribution in [0.4, 0.5) is 11.5 Å². The van der Waals surface area contributed by atoms with Gasteiger partial charge in [0.2, 0.25) is 11.6 Å². The average molecular weight is 518 g/mol. The van der Waals surface area contributed by atoms with Crippen molar-refractivity contribution in [1.82, 2.24) is 14.8 Å². The highest BCUT2D eigenvalue weighted by Gasteiger charge is 2.30. The minimum Gasteiger partial charge on any atom is -0.368 e. The number of likely N-dealkylation sites (N-methyl/N-ethyl adjacent to an activating group) is 1. The first kappa shape index (κ1) is 26.9. The Kier molecular flexibility index (Phi) is 9.04. The molecule has 9 heteroatoms. The van der Waals surface area contributed by atoms with Gasteiger partial charge in [-0.2, -0.15) is 5.26 Å². The van der Waals surface area contributed by atoms with E-state index in [1.54, 1.807) is 0 Å². The number of nitriles is 1. The molecule has 0 radical (unpaired) electrons. The summed E-state index contributed by atoms with van der Waals surface area (Å²) in [6.07, 6.45) is 2.63. The molecule has 0 bridgehead atoms. The van der Waals surface area contributed by atoms with Crippen LogP contribution in [0.3, 0.4) is 0 Å². The van der Waals surface area contributed by atoms with Gasteiger partial charge in [-0.1, -0.05) is 49.0 Å². The van der Waals surface area contributed by atoms with Gasteiger partial charge in [-0.25, -0.2) is 9.83 Å². The maximum Gasteiger partial charge on any atom is 0.235 e. The van der Waals surface area contributed by atoms with Crippen molar-refractivity contribution >= 4 is 29.2 Å². The van der Waals surface area contributed by atoms with Crippen molar-refractivity contribution in [2.24, 2.45) is 11.7 Å². The number of piperidine rings is 1. The lowest BCUT2D eigenvalue weighted by Gasteiger charge is -2.38. The van der Waals surface area contributed by atoms with Crippen molar-refractivity contribution in [3.63, 3.8) is 0 Å². The van der Waals surface area contributed by atoms with Gasteiger partial charge in [-0.3, -0.25) is 4.79 Å². The fourth-order valence-corrected chi connectivity index (χ4v) is 6.28. The lowest BCUT2D eigenvalue weighted by atomic mass is 9.95. The summed E-state index contributed by atoms with van der Waals surface area (Å²) in [5, 5.41) is 9.83. The number of anilines is 1. The summed E-state index contributed by atoms with van der Waals surface area (Å²) in [5.74, 6) is 0.773. The maximum atomic E-state index is 12.4. The van der Waals surface area contributed by atoms with Crippen LogP contribution in [0.25, 0.3) is 4.85 Å². The SMILES string of the molecule is [C-]#[N+]c1c(N2CCC(CN3CCN(C)CC3)CC2)nc(SC(C(N)=O)c2ccccc2)c(C#N)c1CC. The zero-order chi connectivity index (χ0) is 26.4. The van der Waals surface area contributed by atoms with Crippen LogP contribution in [0.5, 0.6) is 0 Å². The number of amides is 1. The summed E-state index contributed by atoms with van der Waals surface area (Å²) in [6.45, 7) is 17.1. The number of carbonyl (C=O) groups excluding carboxylic acids is 1. The fourth-order valence-electron chi connectivity index (χ4n) is 5.22. The molecule has 1 aromatic heterocycles. The number of benzene rings is 1. The summed E-state index contributed by atoms with van der Waals surface area (Å²) in [6, 6.07) is 11.6. The molecule has 37 heavy (non-hydrogen) atoms. The predicted molar refractivity (Wildman–Crippen MR) is 148 cm³/mol. The number of nitrogens with two attached hydrogens (primary N) is 1. The van der Waals surface area contributed by atoms with Gasteiger partial charge in [0.15, 0.2) is 0 Å². The van der Waals surface area contributed by atoms with Crippen LogP contribution in [0, 0.1) is 23.8 Å². The molecule has 2 saturated heterocycles. The molecule has 1 aromatic carbocycles. The van der Waals surface area contributed by atoms with Crippen LogP contribution in [0.1, 0.15) is 41.7 Å². The molecule has 2 aliphatic heterocycles. The van der Waals surface area contributed by atoms with E-state index in [-0.39, 0.29) is 0 Å². The Balaban J connectivity index is 1.58. The summed E-state index contributed by atoms with van der Waals surface area (Å²) in [7, 11) is 2.18. The Morgan fingerprint density at radius 2 is 1.89 bits per heavy atom. The lowest BCUT2D eigenvalue weighted by molar-refractivity contribution is -0.117. The predicted octanol–water partition coefficient (Wildman–Crippen LogP) is 3.85. The van der Waals surface area contributed by atoms with Crippen LogP contribution in [-0.2, 0) is 11.2 Å². The number of piperazine rings is 1. The first-order valence-electron chi connectivity index (χ1n) is 13.0. The normalized spacial score (nSPS) is 18.2. The van der Waals surface area contributed by atoms with Gasteiger partial charge in [-0.15, -0.1) is 0 Å². The Morgan fingerprint density at radius 1 is 1.22 bits per heavy atom. The molecular weight excluding hydrogens is 482 g/mol. The molecule has 2 aromatic rings. The zero-order valence-corrected chi connectivity index (χ0v) is 22.5. The molecule has 1 unspecified atom stereocenters. The van der Waals surface area contributed by atoms with Gasteiger partial charge in [0, 0.05) is 45.8 Å². The first-order valence-corrected chi connectivity index (χ1v) is 13.8. The number of pyridine rings is 1. The van der Waals surface area contributed by atoms with Gasteiger partial charge in [-0.05, 0) is 43.4 Å². The molecular formula is C28H35N7OS. The molecule has 2 N–H and O–H groups in total. The smallest absolute Gasteiger partial charge is 0.235 e. The number of hydrogen-bond acceptors (Lipinski definition) is 7. The van der Waals surface area contributed by atoms with Crippen molar-refractivity contribution in [3.05, 3.63) is 58.4 Å². The van der Waals surface area contributed by atoms with Gasteiger partial charge in [0.25, 0.3) is 0 Å². The van der Waals surface area contributed by atoms with Crippen molar-refractivity contribution < 1.29 is 4.79 Å². The van der Waals surface area contributed by atoms with E-state index in [9.17, 15) is 10.1 Å². The van der Waals surface area contributed by atoms with E-state index in [1.165, 1.54) is 11.8 Å². The number of carbonyl (C=O) groups is 1. The van der Waals surface area contributed by atoms with Crippen LogP contribution in [0.15, 0.2) is 35.4 Å². The second-order valence-electron chi connectivity index (χ2n) is 9.87. The van der Waals surface area contributed by atoms with Crippen LogP contribution < -0.4 is 10.6 Å². The largest absolute Gasteiger partial charge is 0.368 e. The lowest BCUT2D eigenvalue weighted by Crippen LogP contribution is -2.47. The van der Waals surface area contributed by atoms with Gasteiger partial charge >= 0.3 is 0 Å². The molecule has 0 spiro atoms. The highest BCUT2D eigenvalue weighted by atomic mass is 32.2. The molecule has 0 saturated carbocycles. The molecule has 194 valence electrons. The molecule has 2 fully saturated rings. The van der Waals surface area contributed by atoms with E-state index in [4.69, 9.17) is 17.3 Å². The highest BCUT2D eigenvalue weighted by Crippen LogP contribution is 2.43. The van der Waals surface area contributed by atoms with Crippen LogP contribution in [-0.4, -0.2) is 73.6 Å². The Bertz CT molecular complexity index is 1170. The first-order chi connectivity index (χ1) is 17.9. The molecule has 1 atom stereocenters. The topological polar surface area (TPSA) is 93.8 Å². The number of hydrogen-bond donors (Lipinski definition) is 1. The van der Waals surface area contributed by atoms with Crippen molar-refractivity contribution in [2.45, 2.75) is 36.5 Å². The van der Waals surface area contributed by atoms with E-state index < -0.39 is 11.2 Å². The van der Waals surface area contributed by atoms with E-state index >= 15 is 0 Å². The van der Waals surface area contributed by atoms with Crippen molar-refractivity contribution in [2.75, 3.05) is 57.8 Å². The summed E-state index contributed by atoms with van der Waals surface area (Å²) >= 11 is 1.20. The Morgan fingerprint density at radius 3 is 2.46 bits per heavy atom. The van der Waals surface area contributed by atoms with E-state index in [0.29, 0.717) is 40.0 Å². The summed E-state index contributed by atoms with van der Waals surface area (Å²) < 4.78 is 0. The van der Waals surface area contributed by atoms with E-state index in [1.807, 2.05) is 37.3 Å². The second kappa shape index (κ2) is 12.4. The van der Waals surface area contributed by atoms with Gasteiger partial charge in [0.05, 0.1) is 12.1 Å². The van der Waals surface area contributed by atoms with Gasteiger partial charge < -0.3 is 20.4 Å². The number of thioether (sulfide) groups is 1. The number of rotatable bonds is 8. The highest BCUT2D eigenvalue weighted by molar-refractivity contribution is 8.00. The van der Waals surface area contributed by atoms with Crippen molar-refractivity contribution in [3.8, 4) is 6.07 Å². The average Bonchev–Trinajstić information content (AvgIpc) is 2.92. The van der Waals surface area contributed by atoms with Crippen LogP contribution in [0.2, 0.25) is 0 Å². The molecule has 3 heterocycles. The summed E-state index contributed by atoms with van der Waals surface area (Å²) in [5.41, 5.74) is 8.07. The fraction of sp³-hybridized carbons (Fsp3) is 0.500. The van der Waals surface area contributed by atoms with Crippen LogP contribution >= 0.6 is 11.8 Å². The third-order valence-corrected chi connectivity index (χ3v) is 8.67. The zero-order valence-electron chi connectivity index (χ0n) is 21.7. The minimum absolute atomic E-state index is 0.370. The number of aromatic nitrogens is 1. The minimum atomic E-state index is -0.675. The quantitative estimate of drug-likeness (QED) is 0.420. The van der Waals surface area contributed by atoms with E-state index in [2.05, 4.69) is 32.7 Å². The monoisotopic (exact) mass is 517 g/mol. The Labute approximate surface area is 224 Å². The van der Waals surface area contributed by atoms with Gasteiger partial charge in [0.1, 0.15) is 22.2 Å². The maximum absolute atomic E-state index is 12.4. The molecule has 0 aliphatic carbocycles. The molecule has 4 rings (SSSR count). The second-order valence-corrected chi connectivity index (χ2v) is 11.0. The third-order valence-electron chi connectivity index (χ3n) is 7.41. The molecule has 8 nitrogen and oxygen atoms in total. The number of primary amides is 1. The molecule has 1 amide bonds. The standard InChI is InChI=1S/C28H35N7OS/c1-4-22-23(18-29)28(37-25(26(30)36)21-8-6-5-7-9-21)32-27(24(22)31-2)35-12-10-20(11-13-35)19-34-16-14-33(3)15-17-34/h5-9,20,25H,4,10-17,19H2,1,3H3,(H2,30,36). The van der Waals surface area contributed by atoms with Crippen molar-refractivity contribution in [1.29, 1.82) is 5.26 Å². The third kappa shape index (κ3) is 6.24. The molecule has 2 aliphatic rings. The summed E-state index contributed by atoms with van der Waals surface area (Å²) in [4.78, 5) is 28.3. The number of nitrogens with zero attached hydrogens (tertiary/aromatic N) is 6.